The van der Waals surface area contributed by atoms with Gasteiger partial charge in [-0.05, 0) is 38.0 Å². The van der Waals surface area contributed by atoms with E-state index in [1.165, 1.54) is 7.11 Å². The quantitative estimate of drug-likeness (QED) is 0.551. The molecule has 1 aromatic carbocycles. The van der Waals surface area contributed by atoms with E-state index in [0.29, 0.717) is 28.4 Å². The molecule has 0 radical (unpaired) electrons. The number of fused-ring (bicyclic) bond motifs is 1. The van der Waals surface area contributed by atoms with E-state index in [9.17, 15) is 22.8 Å². The number of hydrogen-bond donors (Lipinski definition) is 1. The Balaban J connectivity index is 1.60. The van der Waals surface area contributed by atoms with E-state index < -0.39 is 30.5 Å². The van der Waals surface area contributed by atoms with Crippen LogP contribution >= 0.6 is 0 Å². The van der Waals surface area contributed by atoms with E-state index >= 15 is 0 Å². The maximum atomic E-state index is 12.9. The molecule has 3 rings (SSSR count). The van der Waals surface area contributed by atoms with Crippen LogP contribution in [0.2, 0.25) is 0 Å². The van der Waals surface area contributed by atoms with Crippen LogP contribution in [0.1, 0.15) is 29.2 Å². The molecule has 0 aliphatic rings. The van der Waals surface area contributed by atoms with Gasteiger partial charge in [-0.2, -0.15) is 18.2 Å². The van der Waals surface area contributed by atoms with Crippen molar-refractivity contribution in [2.75, 3.05) is 19.0 Å². The molecule has 12 heteroatoms. The molecule has 0 atom stereocenters. The highest BCUT2D eigenvalue weighted by Crippen LogP contribution is 2.27. The smallest absolute Gasteiger partial charge is 0.453 e. The number of ether oxygens (including phenoxy) is 2. The molecule has 0 aliphatic carbocycles. The molecule has 9 nitrogen and oxygen atoms in total. The first kappa shape index (κ1) is 23.0. The Labute approximate surface area is 180 Å². The average Bonchev–Trinajstić information content (AvgIpc) is 3.17. The van der Waals surface area contributed by atoms with Crippen LogP contribution in [0.3, 0.4) is 0 Å². The topological polar surface area (TPSA) is 108 Å². The zero-order valence-electron chi connectivity index (χ0n) is 17.5. The predicted octanol–water partition coefficient (Wildman–Crippen LogP) is 2.88. The van der Waals surface area contributed by atoms with E-state index in [0.717, 1.165) is 4.52 Å². The number of carbonyl (C=O) groups excluding carboxylic acids is 2. The minimum absolute atomic E-state index is 0.0996. The van der Waals surface area contributed by atoms with Crippen molar-refractivity contribution in [2.45, 2.75) is 32.9 Å². The third kappa shape index (κ3) is 5.13. The number of rotatable bonds is 7. The van der Waals surface area contributed by atoms with E-state index in [1.807, 2.05) is 0 Å². The number of para-hydroxylation sites is 2. The summed E-state index contributed by atoms with van der Waals surface area (Å²) in [6.45, 7) is 2.68. The summed E-state index contributed by atoms with van der Waals surface area (Å²) in [6, 6.07) is 6.77. The van der Waals surface area contributed by atoms with Gasteiger partial charge in [-0.3, -0.25) is 9.59 Å². The lowest BCUT2D eigenvalue weighted by Gasteiger charge is -2.11. The molecule has 0 aliphatic heterocycles. The molecule has 0 saturated heterocycles. The molecular formula is C20H20F3N5O4. The summed E-state index contributed by atoms with van der Waals surface area (Å²) in [4.78, 5) is 31.6. The Bertz CT molecular complexity index is 1160. The molecule has 1 N–H and O–H groups in total. The van der Waals surface area contributed by atoms with Crippen molar-refractivity contribution in [3.8, 4) is 5.75 Å². The predicted molar refractivity (Wildman–Crippen MR) is 106 cm³/mol. The fraction of sp³-hybridized carbons (Fsp3) is 0.350. The van der Waals surface area contributed by atoms with Crippen LogP contribution in [-0.4, -0.2) is 45.2 Å². The first-order valence-corrected chi connectivity index (χ1v) is 9.48. The van der Waals surface area contributed by atoms with E-state index in [2.05, 4.69) is 20.4 Å². The number of esters is 1. The number of aromatic nitrogens is 4. The first-order chi connectivity index (χ1) is 15.1. The first-order valence-electron chi connectivity index (χ1n) is 9.48. The summed E-state index contributed by atoms with van der Waals surface area (Å²) in [5, 5.41) is 6.05. The standard InChI is InChI=1S/C20H20F3N5O4/c1-11-13(12(2)28-19(24-11)26-18(27-28)20(21,22)23)8-9-17(30)32-10-16(29)25-14-6-4-5-7-15(14)31-3/h4-7H,8-10H2,1-3H3,(H,25,29). The minimum atomic E-state index is -4.69. The number of alkyl halides is 3. The molecule has 170 valence electrons. The van der Waals surface area contributed by atoms with Gasteiger partial charge < -0.3 is 14.8 Å². The number of hydrogen-bond acceptors (Lipinski definition) is 7. The van der Waals surface area contributed by atoms with Gasteiger partial charge in [0.2, 0.25) is 0 Å². The van der Waals surface area contributed by atoms with Crippen LogP contribution in [-0.2, 0) is 26.9 Å². The molecule has 32 heavy (non-hydrogen) atoms. The van der Waals surface area contributed by atoms with Crippen LogP contribution in [0, 0.1) is 13.8 Å². The van der Waals surface area contributed by atoms with Crippen molar-refractivity contribution in [2.24, 2.45) is 0 Å². The summed E-state index contributed by atoms with van der Waals surface area (Å²) in [7, 11) is 1.46. The average molecular weight is 451 g/mol. The highest BCUT2D eigenvalue weighted by molar-refractivity contribution is 5.94. The largest absolute Gasteiger partial charge is 0.495 e. The molecule has 1 amide bonds. The highest BCUT2D eigenvalue weighted by atomic mass is 19.4. The van der Waals surface area contributed by atoms with Gasteiger partial charge in [0.15, 0.2) is 6.61 Å². The summed E-state index contributed by atoms with van der Waals surface area (Å²) in [5.41, 5.74) is 1.80. The van der Waals surface area contributed by atoms with Crippen LogP contribution in [0.25, 0.3) is 5.78 Å². The Kier molecular flexibility index (Phi) is 6.61. The van der Waals surface area contributed by atoms with Crippen LogP contribution in [0.5, 0.6) is 5.75 Å². The third-order valence-corrected chi connectivity index (χ3v) is 4.63. The van der Waals surface area contributed by atoms with Gasteiger partial charge in [0.25, 0.3) is 17.5 Å². The normalized spacial score (nSPS) is 11.4. The van der Waals surface area contributed by atoms with Crippen LogP contribution in [0.4, 0.5) is 18.9 Å². The summed E-state index contributed by atoms with van der Waals surface area (Å²) >= 11 is 0. The van der Waals surface area contributed by atoms with Gasteiger partial charge in [-0.15, -0.1) is 5.10 Å². The van der Waals surface area contributed by atoms with Gasteiger partial charge in [0.05, 0.1) is 12.8 Å². The van der Waals surface area contributed by atoms with Crippen molar-refractivity contribution >= 4 is 23.3 Å². The molecule has 2 aromatic heterocycles. The SMILES string of the molecule is COc1ccccc1NC(=O)COC(=O)CCc1c(C)nc2nc(C(F)(F)F)nn2c1C. The Morgan fingerprint density at radius 1 is 1.16 bits per heavy atom. The lowest BCUT2D eigenvalue weighted by Crippen LogP contribution is -2.21. The highest BCUT2D eigenvalue weighted by Gasteiger charge is 2.37. The Morgan fingerprint density at radius 2 is 1.88 bits per heavy atom. The molecule has 0 spiro atoms. The number of nitrogens with zero attached hydrogens (tertiary/aromatic N) is 4. The monoisotopic (exact) mass is 451 g/mol. The fourth-order valence-corrected chi connectivity index (χ4v) is 3.07. The summed E-state index contributed by atoms with van der Waals surface area (Å²) in [6.07, 6.45) is -4.64. The van der Waals surface area contributed by atoms with E-state index in [-0.39, 0.29) is 18.6 Å². The molecule has 0 fully saturated rings. The summed E-state index contributed by atoms with van der Waals surface area (Å²) in [5.74, 6) is -2.19. The van der Waals surface area contributed by atoms with Gasteiger partial charge in [-0.1, -0.05) is 12.1 Å². The molecule has 0 bridgehead atoms. The van der Waals surface area contributed by atoms with Crippen molar-refractivity contribution in [3.63, 3.8) is 0 Å². The van der Waals surface area contributed by atoms with Gasteiger partial charge >= 0.3 is 12.1 Å². The molecular weight excluding hydrogens is 431 g/mol. The molecule has 3 aromatic rings. The Morgan fingerprint density at radius 3 is 2.56 bits per heavy atom. The second-order valence-corrected chi connectivity index (χ2v) is 6.82. The van der Waals surface area contributed by atoms with Gasteiger partial charge in [-0.25, -0.2) is 9.50 Å². The fourth-order valence-electron chi connectivity index (χ4n) is 3.07. The van der Waals surface area contributed by atoms with Crippen molar-refractivity contribution in [1.29, 1.82) is 0 Å². The van der Waals surface area contributed by atoms with Crippen LogP contribution in [0.15, 0.2) is 24.3 Å². The van der Waals surface area contributed by atoms with Crippen molar-refractivity contribution in [3.05, 3.63) is 47.0 Å². The second-order valence-electron chi connectivity index (χ2n) is 6.82. The molecule has 0 saturated carbocycles. The number of methoxy groups -OCH3 is 1. The van der Waals surface area contributed by atoms with E-state index in [1.54, 1.807) is 38.1 Å². The number of nitrogens with one attached hydrogen (secondary N) is 1. The number of halogens is 3. The zero-order valence-corrected chi connectivity index (χ0v) is 17.5. The number of anilines is 1. The molecule has 0 unspecified atom stereocenters. The van der Waals surface area contributed by atoms with Crippen LogP contribution < -0.4 is 10.1 Å². The zero-order chi connectivity index (χ0) is 23.5. The Hall–Kier alpha value is -3.70. The number of benzene rings is 1. The minimum Gasteiger partial charge on any atom is -0.495 e. The number of amides is 1. The number of aryl methyl sites for hydroxylation is 2. The van der Waals surface area contributed by atoms with Gasteiger partial charge in [0.1, 0.15) is 5.75 Å². The second kappa shape index (κ2) is 9.20. The maximum Gasteiger partial charge on any atom is 0.453 e. The van der Waals surface area contributed by atoms with Gasteiger partial charge in [0, 0.05) is 17.8 Å². The molecule has 2 heterocycles. The third-order valence-electron chi connectivity index (χ3n) is 4.63. The number of carbonyl (C=O) groups is 2. The maximum absolute atomic E-state index is 12.9. The lowest BCUT2D eigenvalue weighted by atomic mass is 10.1. The lowest BCUT2D eigenvalue weighted by molar-refractivity contribution is -0.147. The summed E-state index contributed by atoms with van der Waals surface area (Å²) < 4.78 is 49.7. The van der Waals surface area contributed by atoms with Crippen molar-refractivity contribution in [1.82, 2.24) is 19.6 Å². The van der Waals surface area contributed by atoms with Crippen molar-refractivity contribution < 1.29 is 32.2 Å². The van der Waals surface area contributed by atoms with E-state index in [4.69, 9.17) is 9.47 Å².